The Bertz CT molecular complexity index is 774. The van der Waals surface area contributed by atoms with E-state index in [1.807, 2.05) is 6.07 Å². The molecule has 0 fully saturated rings. The predicted molar refractivity (Wildman–Crippen MR) is 92.9 cm³/mol. The van der Waals surface area contributed by atoms with Gasteiger partial charge in [-0.2, -0.15) is 0 Å². The van der Waals surface area contributed by atoms with E-state index in [-0.39, 0.29) is 0 Å². The normalized spacial score (nSPS) is 11.3. The van der Waals surface area contributed by atoms with Gasteiger partial charge in [-0.1, -0.05) is 32.0 Å². The molecule has 22 heavy (non-hydrogen) atoms. The van der Waals surface area contributed by atoms with E-state index >= 15 is 0 Å². The van der Waals surface area contributed by atoms with Gasteiger partial charge in [-0.05, 0) is 46.9 Å². The minimum Gasteiger partial charge on any atom is -0.462 e. The number of nitrogens with two attached hydrogens (primary N) is 1. The second-order valence-corrected chi connectivity index (χ2v) is 6.04. The first kappa shape index (κ1) is 14.7. The highest BCUT2D eigenvalue weighted by molar-refractivity contribution is 5.93. The summed E-state index contributed by atoms with van der Waals surface area (Å²) < 4.78 is 5.63. The molecule has 0 aliphatic heterocycles. The van der Waals surface area contributed by atoms with E-state index in [1.165, 1.54) is 11.1 Å². The molecular formula is C19H22N2O. The van der Waals surface area contributed by atoms with E-state index in [0.29, 0.717) is 12.5 Å². The molecule has 0 unspecified atom stereocenters. The smallest absolute Gasteiger partial charge is 0.156 e. The molecule has 1 aromatic heterocycles. The SMILES string of the molecule is CC(C)CNc1cc(-c2cccc(CN)c2)cc2ccoc12. The summed E-state index contributed by atoms with van der Waals surface area (Å²) >= 11 is 0. The van der Waals surface area contributed by atoms with Crippen molar-refractivity contribution in [1.29, 1.82) is 0 Å². The van der Waals surface area contributed by atoms with Gasteiger partial charge < -0.3 is 15.5 Å². The van der Waals surface area contributed by atoms with Crippen LogP contribution >= 0.6 is 0 Å². The molecule has 114 valence electrons. The van der Waals surface area contributed by atoms with Crippen molar-refractivity contribution in [1.82, 2.24) is 0 Å². The first-order valence-corrected chi connectivity index (χ1v) is 7.72. The molecule has 3 aromatic rings. The Labute approximate surface area is 131 Å². The van der Waals surface area contributed by atoms with Crippen molar-refractivity contribution in [3.05, 3.63) is 54.3 Å². The van der Waals surface area contributed by atoms with Crippen molar-refractivity contribution < 1.29 is 4.42 Å². The second kappa shape index (κ2) is 6.24. The molecule has 0 saturated carbocycles. The Balaban J connectivity index is 2.05. The average molecular weight is 294 g/mol. The Morgan fingerprint density at radius 1 is 1.09 bits per heavy atom. The van der Waals surface area contributed by atoms with Gasteiger partial charge in [0, 0.05) is 18.5 Å². The summed E-state index contributed by atoms with van der Waals surface area (Å²) in [5.74, 6) is 0.578. The lowest BCUT2D eigenvalue weighted by Gasteiger charge is -2.12. The molecule has 0 saturated heterocycles. The summed E-state index contributed by atoms with van der Waals surface area (Å²) in [6.07, 6.45) is 1.74. The quantitative estimate of drug-likeness (QED) is 0.721. The Hall–Kier alpha value is -2.26. The maximum Gasteiger partial charge on any atom is 0.156 e. The van der Waals surface area contributed by atoms with Gasteiger partial charge in [-0.25, -0.2) is 0 Å². The zero-order chi connectivity index (χ0) is 15.5. The Morgan fingerprint density at radius 2 is 1.95 bits per heavy atom. The summed E-state index contributed by atoms with van der Waals surface area (Å²) in [5.41, 5.74) is 11.2. The summed E-state index contributed by atoms with van der Waals surface area (Å²) in [7, 11) is 0. The van der Waals surface area contributed by atoms with Crippen molar-refractivity contribution in [2.45, 2.75) is 20.4 Å². The van der Waals surface area contributed by atoms with E-state index in [1.54, 1.807) is 6.26 Å². The van der Waals surface area contributed by atoms with Crippen molar-refractivity contribution in [3.8, 4) is 11.1 Å². The number of rotatable bonds is 5. The summed E-state index contributed by atoms with van der Waals surface area (Å²) in [4.78, 5) is 0. The van der Waals surface area contributed by atoms with Crippen LogP contribution in [0.15, 0.2) is 53.1 Å². The van der Waals surface area contributed by atoms with Gasteiger partial charge in [0.2, 0.25) is 0 Å². The fourth-order valence-corrected chi connectivity index (χ4v) is 2.57. The number of fused-ring (bicyclic) bond motifs is 1. The maximum atomic E-state index is 5.75. The number of anilines is 1. The van der Waals surface area contributed by atoms with Gasteiger partial charge in [0.05, 0.1) is 12.0 Å². The van der Waals surface area contributed by atoms with Crippen LogP contribution in [0.3, 0.4) is 0 Å². The highest BCUT2D eigenvalue weighted by atomic mass is 16.3. The van der Waals surface area contributed by atoms with Crippen molar-refractivity contribution in [2.75, 3.05) is 11.9 Å². The fourth-order valence-electron chi connectivity index (χ4n) is 2.57. The zero-order valence-electron chi connectivity index (χ0n) is 13.1. The summed E-state index contributed by atoms with van der Waals surface area (Å²) in [6, 6.07) is 14.7. The fraction of sp³-hybridized carbons (Fsp3) is 0.263. The van der Waals surface area contributed by atoms with Crippen LogP contribution in [0.1, 0.15) is 19.4 Å². The van der Waals surface area contributed by atoms with Crippen LogP contribution in [-0.4, -0.2) is 6.54 Å². The van der Waals surface area contributed by atoms with Crippen LogP contribution in [0.4, 0.5) is 5.69 Å². The summed E-state index contributed by atoms with van der Waals surface area (Å²) in [5, 5.41) is 4.61. The van der Waals surface area contributed by atoms with E-state index < -0.39 is 0 Å². The Kier molecular flexibility index (Phi) is 4.16. The van der Waals surface area contributed by atoms with Crippen LogP contribution in [-0.2, 0) is 6.54 Å². The van der Waals surface area contributed by atoms with Crippen LogP contribution < -0.4 is 11.1 Å². The van der Waals surface area contributed by atoms with Crippen LogP contribution in [0.2, 0.25) is 0 Å². The molecule has 3 nitrogen and oxygen atoms in total. The van der Waals surface area contributed by atoms with Gasteiger partial charge in [-0.3, -0.25) is 0 Å². The Morgan fingerprint density at radius 3 is 2.73 bits per heavy atom. The minimum atomic E-state index is 0.556. The number of furan rings is 1. The highest BCUT2D eigenvalue weighted by Crippen LogP contribution is 2.32. The van der Waals surface area contributed by atoms with Crippen LogP contribution in [0, 0.1) is 5.92 Å². The number of hydrogen-bond donors (Lipinski definition) is 2. The van der Waals surface area contributed by atoms with Crippen molar-refractivity contribution in [3.63, 3.8) is 0 Å². The topological polar surface area (TPSA) is 51.2 Å². The minimum absolute atomic E-state index is 0.556. The second-order valence-electron chi connectivity index (χ2n) is 6.04. The lowest BCUT2D eigenvalue weighted by Crippen LogP contribution is -2.08. The molecule has 0 aliphatic rings. The van der Waals surface area contributed by atoms with Crippen LogP contribution in [0.25, 0.3) is 22.1 Å². The molecule has 2 aromatic carbocycles. The van der Waals surface area contributed by atoms with E-state index in [4.69, 9.17) is 10.2 Å². The van der Waals surface area contributed by atoms with Gasteiger partial charge >= 0.3 is 0 Å². The van der Waals surface area contributed by atoms with E-state index in [0.717, 1.165) is 28.8 Å². The molecule has 0 amide bonds. The van der Waals surface area contributed by atoms with Gasteiger partial charge in [0.1, 0.15) is 0 Å². The molecule has 3 N–H and O–H groups in total. The average Bonchev–Trinajstić information content (AvgIpc) is 3.01. The third kappa shape index (κ3) is 3.00. The lowest BCUT2D eigenvalue weighted by atomic mass is 10.0. The first-order valence-electron chi connectivity index (χ1n) is 7.72. The molecule has 1 heterocycles. The molecule has 0 radical (unpaired) electrons. The predicted octanol–water partition coefficient (Wildman–Crippen LogP) is 4.63. The largest absolute Gasteiger partial charge is 0.462 e. The van der Waals surface area contributed by atoms with E-state index in [2.05, 4.69) is 55.6 Å². The molecule has 0 atom stereocenters. The zero-order valence-corrected chi connectivity index (χ0v) is 13.1. The monoisotopic (exact) mass is 294 g/mol. The van der Waals surface area contributed by atoms with Gasteiger partial charge in [-0.15, -0.1) is 0 Å². The summed E-state index contributed by atoms with van der Waals surface area (Å²) in [6.45, 7) is 5.87. The first-order chi connectivity index (χ1) is 10.7. The maximum absolute atomic E-state index is 5.75. The molecule has 0 spiro atoms. The highest BCUT2D eigenvalue weighted by Gasteiger charge is 2.09. The van der Waals surface area contributed by atoms with E-state index in [9.17, 15) is 0 Å². The molecule has 0 bridgehead atoms. The van der Waals surface area contributed by atoms with Crippen molar-refractivity contribution >= 4 is 16.7 Å². The molecule has 3 heteroatoms. The standard InChI is InChI=1S/C19H22N2O/c1-13(2)12-21-18-10-17(9-16-6-7-22-19(16)18)15-5-3-4-14(8-15)11-20/h3-10,13,21H,11-12,20H2,1-2H3. The van der Waals surface area contributed by atoms with Gasteiger partial charge in [0.25, 0.3) is 0 Å². The van der Waals surface area contributed by atoms with Crippen molar-refractivity contribution in [2.24, 2.45) is 11.7 Å². The number of nitrogens with one attached hydrogen (secondary N) is 1. The lowest BCUT2D eigenvalue weighted by molar-refractivity contribution is 0.615. The molecular weight excluding hydrogens is 272 g/mol. The third-order valence-electron chi connectivity index (χ3n) is 3.75. The van der Waals surface area contributed by atoms with Gasteiger partial charge in [0.15, 0.2) is 5.58 Å². The number of hydrogen-bond acceptors (Lipinski definition) is 3. The molecule has 3 rings (SSSR count). The van der Waals surface area contributed by atoms with Crippen LogP contribution in [0.5, 0.6) is 0 Å². The third-order valence-corrected chi connectivity index (χ3v) is 3.75. The number of benzene rings is 2. The molecule has 0 aliphatic carbocycles.